The van der Waals surface area contributed by atoms with E-state index in [9.17, 15) is 9.90 Å². The van der Waals surface area contributed by atoms with Crippen molar-refractivity contribution in [2.75, 3.05) is 13.4 Å². The Morgan fingerprint density at radius 3 is 2.00 bits per heavy atom. The van der Waals surface area contributed by atoms with E-state index in [0.717, 1.165) is 16.7 Å². The Balaban J connectivity index is 0.000000765. The smallest absolute Gasteiger partial charge is 0.306 e. The van der Waals surface area contributed by atoms with Crippen molar-refractivity contribution in [3.05, 3.63) is 66.1 Å². The van der Waals surface area contributed by atoms with Crippen molar-refractivity contribution in [3.8, 4) is 16.9 Å². The summed E-state index contributed by atoms with van der Waals surface area (Å²) in [7, 11) is 1.59. The van der Waals surface area contributed by atoms with Crippen LogP contribution in [0.4, 0.5) is 0 Å². The highest BCUT2D eigenvalue weighted by atomic mass is 32.2. The molecule has 0 bridgehead atoms. The van der Waals surface area contributed by atoms with Crippen LogP contribution >= 0.6 is 11.8 Å². The summed E-state index contributed by atoms with van der Waals surface area (Å²) < 4.78 is 5.42. The van der Waals surface area contributed by atoms with Gasteiger partial charge in [0.25, 0.3) is 0 Å². The van der Waals surface area contributed by atoms with E-state index in [1.54, 1.807) is 43.3 Å². The van der Waals surface area contributed by atoms with Gasteiger partial charge in [0, 0.05) is 7.11 Å². The van der Waals surface area contributed by atoms with Crippen LogP contribution in [0.2, 0.25) is 0 Å². The van der Waals surface area contributed by atoms with E-state index < -0.39 is 11.9 Å². The summed E-state index contributed by atoms with van der Waals surface area (Å²) in [5.74, 6) is -1.04. The van der Waals surface area contributed by atoms with Crippen molar-refractivity contribution in [1.82, 2.24) is 0 Å². The minimum absolute atomic E-state index is 0.236. The predicted octanol–water partition coefficient (Wildman–Crippen LogP) is 5.35. The molecule has 0 radical (unpaired) electrons. The van der Waals surface area contributed by atoms with Crippen LogP contribution in [0.5, 0.6) is 5.75 Å². The number of phenols is 1. The fourth-order valence-corrected chi connectivity index (χ4v) is 2.33. The SMILES string of the molecule is C=CSC.COC(CC(C)C(=O)O)c1ccc(-c2ccc(O)cc2)cc1. The quantitative estimate of drug-likeness (QED) is 0.684. The highest BCUT2D eigenvalue weighted by Crippen LogP contribution is 2.28. The molecule has 0 amide bonds. The van der Waals surface area contributed by atoms with Gasteiger partial charge in [-0.25, -0.2) is 0 Å². The average molecular weight is 375 g/mol. The number of carboxylic acid groups (broad SMARTS) is 1. The highest BCUT2D eigenvalue weighted by molar-refractivity contribution is 8.01. The molecule has 0 spiro atoms. The van der Waals surface area contributed by atoms with Crippen LogP contribution in [-0.4, -0.2) is 29.5 Å². The van der Waals surface area contributed by atoms with Crippen LogP contribution in [-0.2, 0) is 9.53 Å². The van der Waals surface area contributed by atoms with Crippen molar-refractivity contribution in [2.24, 2.45) is 5.92 Å². The van der Waals surface area contributed by atoms with Crippen LogP contribution < -0.4 is 0 Å². The van der Waals surface area contributed by atoms with Gasteiger partial charge < -0.3 is 14.9 Å². The van der Waals surface area contributed by atoms with Gasteiger partial charge in [-0.3, -0.25) is 4.79 Å². The molecule has 0 aliphatic heterocycles. The van der Waals surface area contributed by atoms with E-state index in [1.807, 2.05) is 42.7 Å². The van der Waals surface area contributed by atoms with E-state index in [-0.39, 0.29) is 11.9 Å². The molecule has 5 heteroatoms. The third kappa shape index (κ3) is 6.94. The second-order valence-corrected chi connectivity index (χ2v) is 6.58. The normalized spacial score (nSPS) is 12.4. The molecule has 26 heavy (non-hydrogen) atoms. The maximum Gasteiger partial charge on any atom is 0.306 e. The number of methoxy groups -OCH3 is 1. The van der Waals surface area contributed by atoms with E-state index in [1.165, 1.54) is 0 Å². The van der Waals surface area contributed by atoms with Crippen LogP contribution in [0.25, 0.3) is 11.1 Å². The van der Waals surface area contributed by atoms with Crippen molar-refractivity contribution in [2.45, 2.75) is 19.4 Å². The van der Waals surface area contributed by atoms with Crippen LogP contribution in [0.15, 0.2) is 60.5 Å². The first kappa shape index (κ1) is 21.8. The van der Waals surface area contributed by atoms with Gasteiger partial charge in [-0.05, 0) is 46.9 Å². The minimum Gasteiger partial charge on any atom is -0.508 e. The summed E-state index contributed by atoms with van der Waals surface area (Å²) in [6, 6.07) is 14.8. The molecule has 0 saturated heterocycles. The van der Waals surface area contributed by atoms with Crippen LogP contribution in [0, 0.1) is 5.92 Å². The molecule has 2 unspecified atom stereocenters. The average Bonchev–Trinajstić information content (AvgIpc) is 2.66. The Morgan fingerprint density at radius 1 is 1.15 bits per heavy atom. The van der Waals surface area contributed by atoms with Gasteiger partial charge in [-0.15, -0.1) is 11.8 Å². The van der Waals surface area contributed by atoms with Gasteiger partial charge in [0.2, 0.25) is 0 Å². The molecule has 0 heterocycles. The first-order valence-electron chi connectivity index (χ1n) is 8.21. The van der Waals surface area contributed by atoms with E-state index in [0.29, 0.717) is 6.42 Å². The Hall–Kier alpha value is -2.24. The van der Waals surface area contributed by atoms with Crippen molar-refractivity contribution >= 4 is 17.7 Å². The molecule has 0 saturated carbocycles. The number of carbonyl (C=O) groups is 1. The zero-order valence-corrected chi connectivity index (χ0v) is 16.2. The standard InChI is InChI=1S/C18H20O4.C3H6S/c1-12(18(20)21)11-17(22-2)15-5-3-13(4-6-15)14-7-9-16(19)10-8-14;1-3-4-2/h3-10,12,17,19H,11H2,1-2H3,(H,20,21);3H,1H2,2H3. The number of hydrogen-bond donors (Lipinski definition) is 2. The third-order valence-electron chi connectivity index (χ3n) is 3.92. The molecule has 2 N–H and O–H groups in total. The van der Waals surface area contributed by atoms with Gasteiger partial charge in [-0.2, -0.15) is 0 Å². The third-order valence-corrected chi connectivity index (χ3v) is 4.26. The largest absolute Gasteiger partial charge is 0.508 e. The number of carboxylic acids is 1. The molecule has 2 aromatic rings. The maximum atomic E-state index is 11.0. The Kier molecular flexibility index (Phi) is 9.55. The van der Waals surface area contributed by atoms with E-state index >= 15 is 0 Å². The van der Waals surface area contributed by atoms with E-state index in [2.05, 4.69) is 6.58 Å². The highest BCUT2D eigenvalue weighted by Gasteiger charge is 2.19. The monoisotopic (exact) mass is 374 g/mol. The van der Waals surface area contributed by atoms with Gasteiger partial charge in [0.15, 0.2) is 0 Å². The molecule has 0 aromatic heterocycles. The molecule has 2 rings (SSSR count). The number of hydrogen-bond acceptors (Lipinski definition) is 4. The molecule has 140 valence electrons. The summed E-state index contributed by atoms with van der Waals surface area (Å²) >= 11 is 1.62. The molecular formula is C21H26O4S. The summed E-state index contributed by atoms with van der Waals surface area (Å²) in [6.45, 7) is 5.12. The number of rotatable bonds is 7. The Morgan fingerprint density at radius 2 is 1.62 bits per heavy atom. The number of thioether (sulfide) groups is 1. The van der Waals surface area contributed by atoms with Gasteiger partial charge >= 0.3 is 5.97 Å². The second kappa shape index (κ2) is 11.4. The summed E-state index contributed by atoms with van der Waals surface area (Å²) in [6.07, 6.45) is 2.18. The lowest BCUT2D eigenvalue weighted by Gasteiger charge is -2.18. The molecule has 0 fully saturated rings. The summed E-state index contributed by atoms with van der Waals surface area (Å²) in [4.78, 5) is 11.0. The molecule has 4 nitrogen and oxygen atoms in total. The minimum atomic E-state index is -0.817. The fourth-order valence-electron chi connectivity index (χ4n) is 2.33. The molecule has 0 aliphatic carbocycles. The predicted molar refractivity (Wildman–Crippen MR) is 108 cm³/mol. The zero-order valence-electron chi connectivity index (χ0n) is 15.4. The van der Waals surface area contributed by atoms with Gasteiger partial charge in [0.1, 0.15) is 5.75 Å². The van der Waals surface area contributed by atoms with Crippen molar-refractivity contribution in [1.29, 1.82) is 0 Å². The summed E-state index contributed by atoms with van der Waals surface area (Å²) in [5.41, 5.74) is 3.00. The topological polar surface area (TPSA) is 66.8 Å². The number of phenolic OH excluding ortho intramolecular Hbond substituents is 1. The molecular weight excluding hydrogens is 348 g/mol. The van der Waals surface area contributed by atoms with Gasteiger partial charge in [-0.1, -0.05) is 49.9 Å². The maximum absolute atomic E-state index is 11.0. The molecule has 2 aromatic carbocycles. The van der Waals surface area contributed by atoms with Crippen molar-refractivity contribution in [3.63, 3.8) is 0 Å². The van der Waals surface area contributed by atoms with Crippen molar-refractivity contribution < 1.29 is 19.7 Å². The lowest BCUT2D eigenvalue weighted by molar-refractivity contribution is -0.142. The number of aromatic hydroxyl groups is 1. The zero-order chi connectivity index (χ0) is 19.5. The number of benzene rings is 2. The molecule has 0 aliphatic rings. The lowest BCUT2D eigenvalue weighted by Crippen LogP contribution is -2.14. The lowest BCUT2D eigenvalue weighted by atomic mass is 9.96. The first-order valence-corrected chi connectivity index (χ1v) is 9.50. The fraction of sp³-hybridized carbons (Fsp3) is 0.286. The first-order chi connectivity index (χ1) is 12.4. The number of ether oxygens (including phenoxy) is 1. The van der Waals surface area contributed by atoms with Crippen LogP contribution in [0.3, 0.4) is 0 Å². The van der Waals surface area contributed by atoms with E-state index in [4.69, 9.17) is 9.84 Å². The molecule has 2 atom stereocenters. The van der Waals surface area contributed by atoms with Gasteiger partial charge in [0.05, 0.1) is 12.0 Å². The second-order valence-electron chi connectivity index (χ2n) is 5.77. The Labute approximate surface area is 159 Å². The van der Waals surface area contributed by atoms with Crippen LogP contribution in [0.1, 0.15) is 25.0 Å². The summed E-state index contributed by atoms with van der Waals surface area (Å²) in [5, 5.41) is 20.1. The Bertz CT molecular complexity index is 680. The number of aliphatic carboxylic acids is 1.